The minimum absolute atomic E-state index is 0. The van der Waals surface area contributed by atoms with Gasteiger partial charge >= 0.3 is 77.0 Å². The molecular formula is C36H74CaO3Pb. The standard InChI is InChI=1S/C36H70O3.Ca.Pb.4H/c1-3-5-7-9-11-13-15-17-19-21-23-25-27-29-31-33-35(37)39-36(38)34-32-30-28-26-24-22-20-18-16-14-12-10-8-6-4-2;;;;;;/h3-34H2,1-2H3;;;;;;/q;+2;;;;2*-1. The molecule has 0 bridgehead atoms. The van der Waals surface area contributed by atoms with Crippen LogP contribution in [0, 0.1) is 0 Å². The summed E-state index contributed by atoms with van der Waals surface area (Å²) in [4.78, 5) is 23.8. The Kier molecular flexibility index (Phi) is 47.1. The molecule has 0 spiro atoms. The fraction of sp³-hybridized carbons (Fsp3) is 0.944. The van der Waals surface area contributed by atoms with E-state index in [1.807, 2.05) is 0 Å². The average molecular weight is 802 g/mol. The third-order valence-electron chi connectivity index (χ3n) is 8.20. The normalized spacial score (nSPS) is 10.7. The van der Waals surface area contributed by atoms with Gasteiger partial charge in [-0.3, -0.25) is 9.59 Å². The number of hydrogen-bond donors (Lipinski definition) is 0. The van der Waals surface area contributed by atoms with Crippen molar-refractivity contribution in [1.82, 2.24) is 0 Å². The number of unbranched alkanes of at least 4 members (excludes halogenated alkanes) is 28. The van der Waals surface area contributed by atoms with E-state index in [2.05, 4.69) is 13.8 Å². The van der Waals surface area contributed by atoms with E-state index in [0.29, 0.717) is 12.8 Å². The van der Waals surface area contributed by atoms with Crippen LogP contribution in [0.25, 0.3) is 0 Å². The van der Waals surface area contributed by atoms with Gasteiger partial charge in [0.05, 0.1) is 0 Å². The maximum absolute atomic E-state index is 11.9. The molecule has 3 nitrogen and oxygen atoms in total. The van der Waals surface area contributed by atoms with Crippen LogP contribution in [0.15, 0.2) is 0 Å². The SMILES string of the molecule is CCCCCCCCCCCCCCCCCC(=O)OC(=O)CCCCCCCCCCCCCCCCC.[Ca+2].[H-].[H-].[PbH2]. The van der Waals surface area contributed by atoms with E-state index in [1.165, 1.54) is 167 Å². The fourth-order valence-corrected chi connectivity index (χ4v) is 5.51. The van der Waals surface area contributed by atoms with Gasteiger partial charge < -0.3 is 7.59 Å². The van der Waals surface area contributed by atoms with Gasteiger partial charge in [0.2, 0.25) is 0 Å². The molecule has 41 heavy (non-hydrogen) atoms. The Morgan fingerprint density at radius 2 is 0.537 bits per heavy atom. The molecule has 2 radical (unpaired) electrons. The fourth-order valence-electron chi connectivity index (χ4n) is 5.51. The molecule has 242 valence electrons. The van der Waals surface area contributed by atoms with Crippen molar-refractivity contribution in [3.8, 4) is 0 Å². The predicted octanol–water partition coefficient (Wildman–Crippen LogP) is 11.5. The van der Waals surface area contributed by atoms with Crippen molar-refractivity contribution < 1.29 is 17.2 Å². The van der Waals surface area contributed by atoms with Gasteiger partial charge in [-0.15, -0.1) is 0 Å². The van der Waals surface area contributed by atoms with Crippen LogP contribution in [0.3, 0.4) is 0 Å². The first-order chi connectivity index (χ1) is 19.2. The number of esters is 2. The van der Waals surface area contributed by atoms with Crippen molar-refractivity contribution in [2.75, 3.05) is 0 Å². The van der Waals surface area contributed by atoms with Crippen LogP contribution in [-0.2, 0) is 14.3 Å². The summed E-state index contributed by atoms with van der Waals surface area (Å²) in [5.74, 6) is -0.647. The Bertz CT molecular complexity index is 483. The summed E-state index contributed by atoms with van der Waals surface area (Å²) in [5.41, 5.74) is 0. The van der Waals surface area contributed by atoms with Crippen LogP contribution in [0.1, 0.15) is 222 Å². The molecule has 0 saturated carbocycles. The number of carbonyl (C=O) groups excluding carboxylic acids is 2. The zero-order valence-electron chi connectivity index (χ0n) is 30.3. The molecule has 0 amide bonds. The predicted molar refractivity (Wildman–Crippen MR) is 187 cm³/mol. The van der Waals surface area contributed by atoms with Crippen LogP contribution >= 0.6 is 0 Å². The van der Waals surface area contributed by atoms with E-state index < -0.39 is 0 Å². The van der Waals surface area contributed by atoms with Gasteiger partial charge in [0, 0.05) is 12.8 Å². The van der Waals surface area contributed by atoms with Gasteiger partial charge in [-0.1, -0.05) is 194 Å². The van der Waals surface area contributed by atoms with Crippen molar-refractivity contribution >= 4 is 77.0 Å². The molecule has 0 aromatic heterocycles. The summed E-state index contributed by atoms with van der Waals surface area (Å²) in [6, 6.07) is 0. The zero-order valence-corrected chi connectivity index (χ0v) is 36.0. The number of rotatable bonds is 32. The third kappa shape index (κ3) is 41.3. The molecule has 0 N–H and O–H groups in total. The zero-order chi connectivity index (χ0) is 28.5. The van der Waals surface area contributed by atoms with E-state index in [0.717, 1.165) is 25.7 Å². The second-order valence-electron chi connectivity index (χ2n) is 12.2. The average Bonchev–Trinajstić information content (AvgIpc) is 2.93. The van der Waals surface area contributed by atoms with Gasteiger partial charge in [-0.2, -0.15) is 0 Å². The van der Waals surface area contributed by atoms with Gasteiger partial charge in [-0.25, -0.2) is 0 Å². The number of carbonyl (C=O) groups is 2. The molecule has 0 unspecified atom stereocenters. The van der Waals surface area contributed by atoms with Crippen molar-refractivity contribution in [3.63, 3.8) is 0 Å². The van der Waals surface area contributed by atoms with Crippen molar-refractivity contribution in [1.29, 1.82) is 0 Å². The second-order valence-corrected chi connectivity index (χ2v) is 12.2. The molecule has 0 aliphatic heterocycles. The summed E-state index contributed by atoms with van der Waals surface area (Å²) >= 11 is 0. The van der Waals surface area contributed by atoms with Crippen molar-refractivity contribution in [2.45, 2.75) is 219 Å². The summed E-state index contributed by atoms with van der Waals surface area (Å²) in [6.45, 7) is 4.55. The van der Waals surface area contributed by atoms with E-state index in [4.69, 9.17) is 4.74 Å². The molecule has 0 aromatic rings. The van der Waals surface area contributed by atoms with Crippen LogP contribution in [0.4, 0.5) is 0 Å². The summed E-state index contributed by atoms with van der Waals surface area (Å²) in [7, 11) is 0. The molecule has 0 aliphatic carbocycles. The summed E-state index contributed by atoms with van der Waals surface area (Å²) in [6.07, 6.45) is 40.1. The molecule has 0 saturated heterocycles. The Hall–Kier alpha value is 1.32. The van der Waals surface area contributed by atoms with Gasteiger partial charge in [0.25, 0.3) is 0 Å². The van der Waals surface area contributed by atoms with E-state index in [1.54, 1.807) is 0 Å². The van der Waals surface area contributed by atoms with E-state index >= 15 is 0 Å². The monoisotopic (exact) mass is 803 g/mol. The first-order valence-electron chi connectivity index (χ1n) is 17.9. The van der Waals surface area contributed by atoms with Gasteiger partial charge in [-0.05, 0) is 12.8 Å². The summed E-state index contributed by atoms with van der Waals surface area (Å²) < 4.78 is 5.01. The van der Waals surface area contributed by atoms with Crippen molar-refractivity contribution in [3.05, 3.63) is 0 Å². The number of hydrogen-bond acceptors (Lipinski definition) is 3. The van der Waals surface area contributed by atoms with Crippen LogP contribution in [0.5, 0.6) is 0 Å². The Labute approximate surface area is 310 Å². The Balaban J connectivity index is -0.00000120. The maximum atomic E-state index is 11.9. The van der Waals surface area contributed by atoms with Crippen LogP contribution in [-0.4, -0.2) is 77.0 Å². The van der Waals surface area contributed by atoms with Crippen LogP contribution in [0.2, 0.25) is 0 Å². The molecule has 0 aromatic carbocycles. The number of ether oxygens (including phenoxy) is 1. The first-order valence-corrected chi connectivity index (χ1v) is 17.9. The molecule has 0 rings (SSSR count). The topological polar surface area (TPSA) is 43.4 Å². The van der Waals surface area contributed by atoms with Crippen LogP contribution < -0.4 is 0 Å². The van der Waals surface area contributed by atoms with Crippen molar-refractivity contribution in [2.24, 2.45) is 0 Å². The molecule has 0 fully saturated rings. The minimum atomic E-state index is -0.323. The quantitative estimate of drug-likeness (QED) is 0.0295. The van der Waals surface area contributed by atoms with Gasteiger partial charge in [0.1, 0.15) is 0 Å². The Morgan fingerprint density at radius 3 is 0.732 bits per heavy atom. The summed E-state index contributed by atoms with van der Waals surface area (Å²) in [5, 5.41) is 0. The van der Waals surface area contributed by atoms with E-state index in [-0.39, 0.29) is 79.8 Å². The molecule has 0 heterocycles. The Morgan fingerprint density at radius 1 is 0.366 bits per heavy atom. The molecule has 5 heteroatoms. The molecule has 0 atom stereocenters. The second kappa shape index (κ2) is 41.3. The van der Waals surface area contributed by atoms with E-state index in [9.17, 15) is 9.59 Å². The molecule has 0 aliphatic rings. The third-order valence-corrected chi connectivity index (χ3v) is 8.20. The first kappa shape index (κ1) is 46.7. The van der Waals surface area contributed by atoms with Gasteiger partial charge in [0.15, 0.2) is 0 Å². The molecular weight excluding hydrogens is 728 g/mol.